The molecule has 7 heteroatoms. The number of furan rings is 1. The van der Waals surface area contributed by atoms with Crippen molar-refractivity contribution in [3.63, 3.8) is 0 Å². The molecule has 69 heavy (non-hydrogen) atoms. The molecule has 15 aromatic rings. The minimum atomic E-state index is 0.557. The minimum absolute atomic E-state index is 0.557. The van der Waals surface area contributed by atoms with E-state index in [0.717, 1.165) is 110 Å². The molecule has 0 aliphatic heterocycles. The van der Waals surface area contributed by atoms with Crippen LogP contribution in [0.3, 0.4) is 0 Å². The van der Waals surface area contributed by atoms with Crippen molar-refractivity contribution in [1.82, 2.24) is 18.3 Å². The van der Waals surface area contributed by atoms with Gasteiger partial charge in [-0.25, -0.2) is 0 Å². The second kappa shape index (κ2) is 13.9. The predicted molar refractivity (Wildman–Crippen MR) is 281 cm³/mol. The molecule has 10 aromatic carbocycles. The maximum Gasteiger partial charge on any atom is 0.159 e. The Bertz CT molecular complexity index is 4590. The summed E-state index contributed by atoms with van der Waals surface area (Å²) in [7, 11) is 0. The van der Waals surface area contributed by atoms with E-state index in [9.17, 15) is 10.5 Å². The summed E-state index contributed by atoms with van der Waals surface area (Å²) < 4.78 is 17.0. The van der Waals surface area contributed by atoms with Crippen LogP contribution in [0.4, 0.5) is 0 Å². The number of nitrogens with zero attached hydrogens (tertiary/aromatic N) is 6. The molecule has 0 radical (unpaired) electrons. The molecule has 5 heterocycles. The van der Waals surface area contributed by atoms with Crippen LogP contribution in [-0.4, -0.2) is 18.3 Å². The molecule has 0 bridgehead atoms. The van der Waals surface area contributed by atoms with Gasteiger partial charge in [0.25, 0.3) is 0 Å². The van der Waals surface area contributed by atoms with Crippen molar-refractivity contribution in [1.29, 1.82) is 10.5 Å². The highest BCUT2D eigenvalue weighted by Gasteiger charge is 2.26. The standard InChI is InChI=1S/C62H34N6O/c63-35-37-25-27-57-47(29-37)48-30-38(36-64)26-28-58(48)66(57)40-32-50-49-31-39(65-51-19-7-1-13-41(51)42-14-2-8-20-52(42)65)33-59(67-53-21-9-3-15-43(53)44-16-4-10-22-54(44)67)61(49)69-62(50)60(34-40)68-55-23-11-5-17-45(55)46-18-6-12-24-56(46)68/h1-34H. The van der Waals surface area contributed by atoms with E-state index >= 15 is 0 Å². The second-order valence-electron chi connectivity index (χ2n) is 17.9. The minimum Gasteiger partial charge on any atom is -0.452 e. The van der Waals surface area contributed by atoms with E-state index < -0.39 is 0 Å². The van der Waals surface area contributed by atoms with Gasteiger partial charge in [0.2, 0.25) is 0 Å². The lowest BCUT2D eigenvalue weighted by molar-refractivity contribution is 0.663. The lowest BCUT2D eigenvalue weighted by atomic mass is 10.1. The molecule has 0 saturated heterocycles. The van der Waals surface area contributed by atoms with E-state index in [4.69, 9.17) is 4.42 Å². The molecule has 0 amide bonds. The van der Waals surface area contributed by atoms with Crippen LogP contribution in [0.2, 0.25) is 0 Å². The van der Waals surface area contributed by atoms with Crippen LogP contribution in [0.5, 0.6) is 0 Å². The summed E-state index contributed by atoms with van der Waals surface area (Å²) in [4.78, 5) is 0. The Labute approximate surface area is 392 Å². The van der Waals surface area contributed by atoms with Gasteiger partial charge in [0, 0.05) is 65.2 Å². The van der Waals surface area contributed by atoms with Crippen molar-refractivity contribution in [2.75, 3.05) is 0 Å². The topological polar surface area (TPSA) is 80.4 Å². The Balaban J connectivity index is 1.16. The summed E-state index contributed by atoms with van der Waals surface area (Å²) in [6.45, 7) is 0. The summed E-state index contributed by atoms with van der Waals surface area (Å²) in [5.41, 5.74) is 14.7. The zero-order valence-electron chi connectivity index (χ0n) is 36.7. The van der Waals surface area contributed by atoms with E-state index in [2.05, 4.69) is 200 Å². The summed E-state index contributed by atoms with van der Waals surface area (Å²) in [6.07, 6.45) is 0. The van der Waals surface area contributed by atoms with Crippen molar-refractivity contribution in [2.45, 2.75) is 0 Å². The first kappa shape index (κ1) is 37.4. The van der Waals surface area contributed by atoms with Crippen molar-refractivity contribution in [2.24, 2.45) is 0 Å². The monoisotopic (exact) mass is 878 g/mol. The Kier molecular flexibility index (Phi) is 7.51. The van der Waals surface area contributed by atoms with Gasteiger partial charge in [-0.3, -0.25) is 0 Å². The number of hydrogen-bond donors (Lipinski definition) is 0. The molecule has 0 atom stereocenters. The van der Waals surface area contributed by atoms with Gasteiger partial charge in [-0.15, -0.1) is 0 Å². The van der Waals surface area contributed by atoms with Gasteiger partial charge in [-0.1, -0.05) is 109 Å². The van der Waals surface area contributed by atoms with Gasteiger partial charge in [-0.05, 0) is 97.1 Å². The Hall–Kier alpha value is -9.82. The number of benzene rings is 10. The number of hydrogen-bond acceptors (Lipinski definition) is 3. The molecule has 0 unspecified atom stereocenters. The van der Waals surface area contributed by atoms with E-state index in [-0.39, 0.29) is 0 Å². The molecule has 0 saturated carbocycles. The van der Waals surface area contributed by atoms with Crippen LogP contribution < -0.4 is 0 Å². The quantitative estimate of drug-likeness (QED) is 0.177. The van der Waals surface area contributed by atoms with Crippen molar-refractivity contribution in [3.8, 4) is 34.9 Å². The fraction of sp³-hybridized carbons (Fsp3) is 0. The maximum absolute atomic E-state index is 10.1. The van der Waals surface area contributed by atoms with Crippen molar-refractivity contribution in [3.05, 3.63) is 217 Å². The molecule has 0 fully saturated rings. The van der Waals surface area contributed by atoms with Crippen molar-refractivity contribution >= 4 is 109 Å². The van der Waals surface area contributed by atoms with Crippen LogP contribution in [0.15, 0.2) is 211 Å². The third kappa shape index (κ3) is 5.08. The Morgan fingerprint density at radius 3 is 0.884 bits per heavy atom. The fourth-order valence-electron chi connectivity index (χ4n) is 11.5. The summed E-state index contributed by atoms with van der Waals surface area (Å²) >= 11 is 0. The molecule has 0 N–H and O–H groups in total. The van der Waals surface area contributed by atoms with Crippen LogP contribution in [-0.2, 0) is 0 Å². The first-order valence-corrected chi connectivity index (χ1v) is 23.0. The number of fused-ring (bicyclic) bond motifs is 15. The predicted octanol–water partition coefficient (Wildman–Crippen LogP) is 15.7. The zero-order valence-corrected chi connectivity index (χ0v) is 36.7. The number of para-hydroxylation sites is 6. The van der Waals surface area contributed by atoms with E-state index in [1.54, 1.807) is 0 Å². The molecule has 0 aliphatic carbocycles. The first-order valence-electron chi connectivity index (χ1n) is 23.0. The molecule has 5 aromatic heterocycles. The average molecular weight is 879 g/mol. The largest absolute Gasteiger partial charge is 0.452 e. The van der Waals surface area contributed by atoms with Crippen LogP contribution in [0, 0.1) is 22.7 Å². The third-order valence-electron chi connectivity index (χ3n) is 14.4. The van der Waals surface area contributed by atoms with Crippen LogP contribution in [0.25, 0.3) is 132 Å². The van der Waals surface area contributed by atoms with Gasteiger partial charge in [0.15, 0.2) is 11.2 Å². The molecular weight excluding hydrogens is 845 g/mol. The van der Waals surface area contributed by atoms with E-state index in [1.165, 1.54) is 21.5 Å². The molecular formula is C62H34N6O. The molecule has 15 rings (SSSR count). The van der Waals surface area contributed by atoms with Gasteiger partial charge in [-0.2, -0.15) is 10.5 Å². The van der Waals surface area contributed by atoms with Gasteiger partial charge < -0.3 is 22.7 Å². The highest BCUT2D eigenvalue weighted by atomic mass is 16.3. The normalized spacial score (nSPS) is 12.0. The maximum atomic E-state index is 10.1. The number of aromatic nitrogens is 4. The third-order valence-corrected chi connectivity index (χ3v) is 14.4. The fourth-order valence-corrected chi connectivity index (χ4v) is 11.5. The summed E-state index contributed by atoms with van der Waals surface area (Å²) in [5.74, 6) is 0. The molecule has 318 valence electrons. The lowest BCUT2D eigenvalue weighted by Gasteiger charge is -2.14. The van der Waals surface area contributed by atoms with E-state index in [1.807, 2.05) is 36.4 Å². The highest BCUT2D eigenvalue weighted by Crippen LogP contribution is 2.46. The van der Waals surface area contributed by atoms with Gasteiger partial charge in [0.1, 0.15) is 0 Å². The average Bonchev–Trinajstić information content (AvgIpc) is 4.21. The number of rotatable bonds is 4. The smallest absolute Gasteiger partial charge is 0.159 e. The first-order chi connectivity index (χ1) is 34.1. The van der Waals surface area contributed by atoms with E-state index in [0.29, 0.717) is 11.1 Å². The highest BCUT2D eigenvalue weighted by molar-refractivity contribution is 6.18. The number of nitriles is 2. The second-order valence-corrected chi connectivity index (χ2v) is 17.9. The van der Waals surface area contributed by atoms with Crippen LogP contribution in [0.1, 0.15) is 11.1 Å². The van der Waals surface area contributed by atoms with Gasteiger partial charge >= 0.3 is 0 Å². The lowest BCUT2D eigenvalue weighted by Crippen LogP contribution is -2.00. The Morgan fingerprint density at radius 1 is 0.275 bits per heavy atom. The molecule has 0 aliphatic rings. The summed E-state index contributed by atoms with van der Waals surface area (Å²) in [6, 6.07) is 77.2. The molecule has 0 spiro atoms. The van der Waals surface area contributed by atoms with Crippen molar-refractivity contribution < 1.29 is 4.42 Å². The Morgan fingerprint density at radius 2 is 0.565 bits per heavy atom. The summed E-state index contributed by atoms with van der Waals surface area (Å²) in [5, 5.41) is 30.9. The van der Waals surface area contributed by atoms with Gasteiger partial charge in [0.05, 0.1) is 78.8 Å². The molecule has 7 nitrogen and oxygen atoms in total. The SMILES string of the molecule is N#Cc1ccc2c(c1)c1cc(C#N)ccc1n2-c1cc(-n2c3ccccc3c3ccccc32)c2oc3c(-n4c5ccccc5c5ccccc54)cc(-n4c5ccccc5c5ccccc54)cc3c2c1. The van der Waals surface area contributed by atoms with Crippen LogP contribution >= 0.6 is 0 Å². The zero-order chi connectivity index (χ0) is 45.5.